The van der Waals surface area contributed by atoms with Crippen LogP contribution in [-0.2, 0) is 4.74 Å². The van der Waals surface area contributed by atoms with Crippen molar-refractivity contribution in [2.45, 2.75) is 13.8 Å². The maximum atomic E-state index is 11.9. The lowest BCUT2D eigenvalue weighted by Gasteiger charge is -2.09. The summed E-state index contributed by atoms with van der Waals surface area (Å²) in [5, 5.41) is 13.4. The summed E-state index contributed by atoms with van der Waals surface area (Å²) in [5.74, 6) is -0.428. The minimum absolute atomic E-state index is 0.292. The molecule has 2 aromatic carbocycles. The molecule has 2 aromatic heterocycles. The van der Waals surface area contributed by atoms with E-state index >= 15 is 0 Å². The number of esters is 1. The Bertz CT molecular complexity index is 1190. The fourth-order valence-electron chi connectivity index (χ4n) is 2.94. The molecule has 0 amide bonds. The summed E-state index contributed by atoms with van der Waals surface area (Å²) >= 11 is 1.21. The predicted octanol–water partition coefficient (Wildman–Crippen LogP) is 6.39. The van der Waals surface area contributed by atoms with E-state index in [0.717, 1.165) is 27.9 Å². The highest BCUT2D eigenvalue weighted by Crippen LogP contribution is 2.35. The number of ether oxygens (including phenoxy) is 1. The Kier molecular flexibility index (Phi) is 6.79. The van der Waals surface area contributed by atoms with Gasteiger partial charge in [0.2, 0.25) is 0 Å². The van der Waals surface area contributed by atoms with Crippen LogP contribution < -0.4 is 5.32 Å². The van der Waals surface area contributed by atoms with Gasteiger partial charge < -0.3 is 10.1 Å². The van der Waals surface area contributed by atoms with Crippen LogP contribution in [0.2, 0.25) is 0 Å². The number of pyridine rings is 1. The molecule has 0 unspecified atom stereocenters. The van der Waals surface area contributed by atoms with Gasteiger partial charge in [-0.2, -0.15) is 5.26 Å². The number of rotatable bonds is 4. The molecule has 150 valence electrons. The van der Waals surface area contributed by atoms with Crippen molar-refractivity contribution < 1.29 is 9.53 Å². The van der Waals surface area contributed by atoms with E-state index < -0.39 is 5.97 Å². The van der Waals surface area contributed by atoms with Crippen LogP contribution in [0, 0.1) is 11.3 Å². The molecule has 0 aliphatic rings. The largest absolute Gasteiger partial charge is 0.465 e. The van der Waals surface area contributed by atoms with Crippen LogP contribution in [0.1, 0.15) is 29.2 Å². The van der Waals surface area contributed by atoms with Crippen molar-refractivity contribution in [1.29, 1.82) is 5.26 Å². The summed E-state index contributed by atoms with van der Waals surface area (Å²) in [5.41, 5.74) is 4.18. The lowest BCUT2D eigenvalue weighted by Crippen LogP contribution is -1.96. The lowest BCUT2D eigenvalue weighted by atomic mass is 10.1. The molecule has 0 saturated heterocycles. The number of thiophene rings is 1. The highest BCUT2D eigenvalue weighted by Gasteiger charge is 2.16. The number of fused-ring (bicyclic) bond motifs is 1. The smallest absolute Gasteiger partial charge is 0.348 e. The first-order chi connectivity index (χ1) is 14.7. The van der Waals surface area contributed by atoms with Gasteiger partial charge in [0.05, 0.1) is 23.7 Å². The second kappa shape index (κ2) is 9.68. The number of anilines is 2. The van der Waals surface area contributed by atoms with E-state index in [2.05, 4.69) is 28.5 Å². The number of nitriles is 1. The van der Waals surface area contributed by atoms with Gasteiger partial charge in [-0.05, 0) is 29.3 Å². The van der Waals surface area contributed by atoms with Gasteiger partial charge in [0, 0.05) is 11.1 Å². The number of hydrogen-bond donors (Lipinski definition) is 1. The summed E-state index contributed by atoms with van der Waals surface area (Å²) < 4.78 is 5.46. The van der Waals surface area contributed by atoms with Crippen molar-refractivity contribution >= 4 is 38.8 Å². The van der Waals surface area contributed by atoms with Gasteiger partial charge >= 0.3 is 5.97 Å². The van der Waals surface area contributed by atoms with Crippen LogP contribution >= 0.6 is 11.3 Å². The van der Waals surface area contributed by atoms with Crippen molar-refractivity contribution in [1.82, 2.24) is 4.98 Å². The first kappa shape index (κ1) is 21.0. The normalized spacial score (nSPS) is 9.93. The van der Waals surface area contributed by atoms with Crippen LogP contribution in [0.4, 0.5) is 11.4 Å². The van der Waals surface area contributed by atoms with Crippen molar-refractivity contribution in [3.8, 4) is 17.2 Å². The molecule has 0 spiro atoms. The van der Waals surface area contributed by atoms with E-state index in [1.807, 2.05) is 56.3 Å². The van der Waals surface area contributed by atoms with Crippen LogP contribution in [0.3, 0.4) is 0 Å². The molecule has 0 fully saturated rings. The highest BCUT2D eigenvalue weighted by molar-refractivity contribution is 7.21. The van der Waals surface area contributed by atoms with Gasteiger partial charge in [-0.15, -0.1) is 11.3 Å². The average molecular weight is 416 g/mol. The van der Waals surface area contributed by atoms with E-state index in [4.69, 9.17) is 4.74 Å². The van der Waals surface area contributed by atoms with E-state index in [1.165, 1.54) is 18.4 Å². The monoisotopic (exact) mass is 415 g/mol. The zero-order valence-corrected chi connectivity index (χ0v) is 17.8. The number of aromatic nitrogens is 1. The fraction of sp³-hybridized carbons (Fsp3) is 0.125. The Morgan fingerprint density at radius 3 is 2.37 bits per heavy atom. The summed E-state index contributed by atoms with van der Waals surface area (Å²) in [6, 6.07) is 22.0. The first-order valence-electron chi connectivity index (χ1n) is 9.53. The maximum Gasteiger partial charge on any atom is 0.348 e. The molecule has 1 N–H and O–H groups in total. The standard InChI is InChI=1S/C22H15N3O2S.C2H6/c1-27-22(26)20-11-17-19(13-24-18(12-23)21(17)28-20)25-16-9-7-15(8-10-16)14-5-3-2-4-6-14;1-2/h2-11,13,25H,1H3;1-2H3. The molecule has 0 radical (unpaired) electrons. The summed E-state index contributed by atoms with van der Waals surface area (Å²) in [6.45, 7) is 4.00. The Morgan fingerprint density at radius 2 is 1.73 bits per heavy atom. The van der Waals surface area contributed by atoms with Crippen molar-refractivity contribution in [2.75, 3.05) is 12.4 Å². The highest BCUT2D eigenvalue weighted by atomic mass is 32.1. The second-order valence-corrected chi connectivity index (χ2v) is 7.10. The van der Waals surface area contributed by atoms with Crippen molar-refractivity contribution in [3.63, 3.8) is 0 Å². The number of benzene rings is 2. The second-order valence-electron chi connectivity index (χ2n) is 6.05. The number of nitrogens with zero attached hydrogens (tertiary/aromatic N) is 2. The molecule has 6 heteroatoms. The summed E-state index contributed by atoms with van der Waals surface area (Å²) in [7, 11) is 1.34. The minimum Gasteiger partial charge on any atom is -0.465 e. The molecule has 5 nitrogen and oxygen atoms in total. The zero-order valence-electron chi connectivity index (χ0n) is 17.0. The number of hydrogen-bond acceptors (Lipinski definition) is 6. The van der Waals surface area contributed by atoms with Gasteiger partial charge in [0.25, 0.3) is 0 Å². The lowest BCUT2D eigenvalue weighted by molar-refractivity contribution is 0.0606. The van der Waals surface area contributed by atoms with E-state index in [0.29, 0.717) is 15.3 Å². The molecule has 0 aliphatic carbocycles. The topological polar surface area (TPSA) is 75.0 Å². The van der Waals surface area contributed by atoms with Gasteiger partial charge in [0.15, 0.2) is 5.69 Å². The number of nitrogens with one attached hydrogen (secondary N) is 1. The molecule has 30 heavy (non-hydrogen) atoms. The number of methoxy groups -OCH3 is 1. The molecule has 0 atom stereocenters. The predicted molar refractivity (Wildman–Crippen MR) is 122 cm³/mol. The van der Waals surface area contributed by atoms with Crippen molar-refractivity contribution in [2.24, 2.45) is 0 Å². The van der Waals surface area contributed by atoms with Crippen LogP contribution in [0.5, 0.6) is 0 Å². The minimum atomic E-state index is -0.428. The van der Waals surface area contributed by atoms with Crippen LogP contribution in [0.15, 0.2) is 66.9 Å². The molecule has 4 rings (SSSR count). The molecular weight excluding hydrogens is 394 g/mol. The van der Waals surface area contributed by atoms with E-state index in [-0.39, 0.29) is 0 Å². The quantitative estimate of drug-likeness (QED) is 0.391. The molecule has 0 saturated carbocycles. The third-order valence-corrected chi connectivity index (χ3v) is 5.45. The SMILES string of the molecule is CC.COC(=O)c1cc2c(Nc3ccc(-c4ccccc4)cc3)cnc(C#N)c2s1. The third kappa shape index (κ3) is 4.32. The van der Waals surface area contributed by atoms with Gasteiger partial charge in [-0.1, -0.05) is 56.3 Å². The number of carbonyl (C=O) groups excluding carboxylic acids is 1. The number of carbonyl (C=O) groups is 1. The van der Waals surface area contributed by atoms with E-state index in [1.54, 1.807) is 12.3 Å². The van der Waals surface area contributed by atoms with Gasteiger partial charge in [-0.25, -0.2) is 9.78 Å². The Hall–Kier alpha value is -3.69. The summed E-state index contributed by atoms with van der Waals surface area (Å²) in [4.78, 5) is 16.5. The van der Waals surface area contributed by atoms with Crippen LogP contribution in [0.25, 0.3) is 21.2 Å². The molecule has 0 aliphatic heterocycles. The average Bonchev–Trinajstić information content (AvgIpc) is 3.27. The van der Waals surface area contributed by atoms with Gasteiger partial charge in [-0.3, -0.25) is 0 Å². The Morgan fingerprint density at radius 1 is 1.07 bits per heavy atom. The summed E-state index contributed by atoms with van der Waals surface area (Å²) in [6.07, 6.45) is 1.61. The molecular formula is C24H21N3O2S. The molecule has 0 bridgehead atoms. The third-order valence-electron chi connectivity index (χ3n) is 4.32. The van der Waals surface area contributed by atoms with E-state index in [9.17, 15) is 10.1 Å². The maximum absolute atomic E-state index is 11.9. The van der Waals surface area contributed by atoms with Crippen molar-refractivity contribution in [3.05, 3.63) is 77.4 Å². The molecule has 4 aromatic rings. The van der Waals surface area contributed by atoms with Crippen LogP contribution in [-0.4, -0.2) is 18.1 Å². The Balaban J connectivity index is 0.00000124. The molecule has 2 heterocycles. The Labute approximate surface area is 179 Å². The first-order valence-corrected chi connectivity index (χ1v) is 10.3. The fourth-order valence-corrected chi connectivity index (χ4v) is 3.97. The zero-order chi connectivity index (χ0) is 21.5. The van der Waals surface area contributed by atoms with Gasteiger partial charge in [0.1, 0.15) is 10.9 Å².